The number of fused-ring (bicyclic) bond motifs is 1. The first-order chi connectivity index (χ1) is 21.9. The molecule has 0 fully saturated rings. The molecule has 2 heterocycles. The first kappa shape index (κ1) is 30.5. The summed E-state index contributed by atoms with van der Waals surface area (Å²) < 4.78 is 98.2. The van der Waals surface area contributed by atoms with E-state index in [1.54, 1.807) is 36.4 Å². The molecule has 0 atom stereocenters. The van der Waals surface area contributed by atoms with Crippen LogP contribution in [0.25, 0.3) is 33.6 Å². The fourth-order valence-electron chi connectivity index (χ4n) is 4.55. The summed E-state index contributed by atoms with van der Waals surface area (Å²) in [6, 6.07) is 20.6. The second kappa shape index (κ2) is 11.8. The van der Waals surface area contributed by atoms with Gasteiger partial charge < -0.3 is 13.7 Å². The van der Waals surface area contributed by atoms with Crippen LogP contribution in [0.4, 0.5) is 23.2 Å². The third kappa shape index (κ3) is 6.33. The fourth-order valence-corrected chi connectivity index (χ4v) is 5.60. The second-order valence-corrected chi connectivity index (χ2v) is 11.8. The normalized spacial score (nSPS) is 11.9. The Hall–Kier alpha value is -5.50. The number of benzene rings is 4. The zero-order valence-corrected chi connectivity index (χ0v) is 24.4. The van der Waals surface area contributed by atoms with E-state index in [4.69, 9.17) is 13.7 Å². The lowest BCUT2D eigenvalue weighted by atomic mass is 10.0. The van der Waals surface area contributed by atoms with Crippen LogP contribution in [0.5, 0.6) is 5.95 Å². The molecule has 2 aromatic heterocycles. The Morgan fingerprint density at radius 1 is 0.913 bits per heavy atom. The number of nitrogens with one attached hydrogen (secondary N) is 1. The summed E-state index contributed by atoms with van der Waals surface area (Å²) in [5.74, 6) is -1.88. The van der Waals surface area contributed by atoms with Crippen molar-refractivity contribution in [3.63, 3.8) is 0 Å². The van der Waals surface area contributed by atoms with Gasteiger partial charge in [0.05, 0.1) is 15.8 Å². The molecule has 0 bridgehead atoms. The third-order valence-electron chi connectivity index (χ3n) is 6.80. The van der Waals surface area contributed by atoms with Gasteiger partial charge in [-0.25, -0.2) is 12.8 Å². The number of hydrogen-bond acceptors (Lipinski definition) is 8. The Morgan fingerprint density at radius 3 is 2.35 bits per heavy atom. The summed E-state index contributed by atoms with van der Waals surface area (Å²) in [5, 5.41) is 3.94. The van der Waals surface area contributed by atoms with Crippen LogP contribution < -0.4 is 14.9 Å². The average molecular weight is 652 g/mol. The minimum atomic E-state index is -4.80. The predicted molar refractivity (Wildman–Crippen MR) is 159 cm³/mol. The van der Waals surface area contributed by atoms with Gasteiger partial charge in [0.25, 0.3) is 21.9 Å². The molecule has 6 rings (SSSR count). The molecule has 0 radical (unpaired) electrons. The van der Waals surface area contributed by atoms with E-state index < -0.39 is 39.6 Å². The lowest BCUT2D eigenvalue weighted by Gasteiger charge is -2.12. The van der Waals surface area contributed by atoms with Crippen molar-refractivity contribution in [3.8, 4) is 28.5 Å². The maximum Gasteiger partial charge on any atom is 0.416 e. The smallest absolute Gasteiger partial charge is 0.416 e. The highest BCUT2D eigenvalue weighted by atomic mass is 32.2. The van der Waals surface area contributed by atoms with E-state index in [-0.39, 0.29) is 50.3 Å². The molecule has 0 unspecified atom stereocenters. The molecule has 0 saturated heterocycles. The van der Waals surface area contributed by atoms with Crippen LogP contribution in [0.3, 0.4) is 0 Å². The summed E-state index contributed by atoms with van der Waals surface area (Å²) in [5.41, 5.74) is -0.266. The number of sulfonamides is 1. The van der Waals surface area contributed by atoms with Crippen LogP contribution in [0.1, 0.15) is 17.0 Å². The average Bonchev–Trinajstić information content (AvgIpc) is 3.49. The molecule has 0 aliphatic heterocycles. The van der Waals surface area contributed by atoms with Crippen molar-refractivity contribution in [1.82, 2.24) is 10.1 Å². The standard InChI is InChI=1S/C32H21F4N3O6S/c1-18-6-12-24(13-7-18)46(41,42)39-23-10-8-19(9-11-23)28-29(40)25-4-2-3-5-26(25)44-31(28)43-17-27-37-30(45-38-27)20-14-21(32(34,35)36)16-22(33)15-20/h2-16,39H,17H2,1H3. The lowest BCUT2D eigenvalue weighted by Crippen LogP contribution is -2.13. The van der Waals surface area contributed by atoms with Crippen molar-refractivity contribution in [2.24, 2.45) is 0 Å². The van der Waals surface area contributed by atoms with Crippen LogP contribution in [-0.4, -0.2) is 18.6 Å². The number of rotatable bonds is 8. The highest BCUT2D eigenvalue weighted by Gasteiger charge is 2.32. The zero-order valence-electron chi connectivity index (χ0n) is 23.6. The Bertz CT molecular complexity index is 2230. The minimum absolute atomic E-state index is 0.00955. The fraction of sp³-hybridized carbons (Fsp3) is 0.0938. The molecule has 0 spiro atoms. The van der Waals surface area contributed by atoms with Crippen molar-refractivity contribution < 1.29 is 39.7 Å². The van der Waals surface area contributed by atoms with Gasteiger partial charge in [-0.2, -0.15) is 18.2 Å². The molecule has 0 aliphatic rings. The summed E-state index contributed by atoms with van der Waals surface area (Å²) in [4.78, 5) is 17.7. The Labute approximate surface area is 258 Å². The maximum atomic E-state index is 13.9. The van der Waals surface area contributed by atoms with Gasteiger partial charge in [-0.3, -0.25) is 9.52 Å². The SMILES string of the molecule is Cc1ccc(S(=O)(=O)Nc2ccc(-c3c(OCc4noc(-c5cc(F)cc(C(F)(F)F)c5)n4)oc4ccccc4c3=O)cc2)cc1. The van der Waals surface area contributed by atoms with Gasteiger partial charge in [0.1, 0.15) is 17.0 Å². The number of aryl methyl sites for hydroxylation is 1. The number of aromatic nitrogens is 2. The highest BCUT2D eigenvalue weighted by Crippen LogP contribution is 2.34. The molecule has 0 saturated carbocycles. The summed E-state index contributed by atoms with van der Waals surface area (Å²) in [7, 11) is -3.88. The Kier molecular flexibility index (Phi) is 7.82. The summed E-state index contributed by atoms with van der Waals surface area (Å²) in [6.45, 7) is 1.40. The number of para-hydroxylation sites is 1. The highest BCUT2D eigenvalue weighted by molar-refractivity contribution is 7.92. The zero-order chi connectivity index (χ0) is 32.6. The quantitative estimate of drug-likeness (QED) is 0.169. The van der Waals surface area contributed by atoms with Gasteiger partial charge >= 0.3 is 6.18 Å². The monoisotopic (exact) mass is 651 g/mol. The number of anilines is 1. The molecule has 6 aromatic rings. The molecule has 0 aliphatic carbocycles. The number of nitrogens with zero attached hydrogens (tertiary/aromatic N) is 2. The van der Waals surface area contributed by atoms with E-state index in [2.05, 4.69) is 14.9 Å². The van der Waals surface area contributed by atoms with Gasteiger partial charge in [-0.05, 0) is 67.1 Å². The molecule has 1 N–H and O–H groups in total. The number of hydrogen-bond donors (Lipinski definition) is 1. The van der Waals surface area contributed by atoms with E-state index in [0.29, 0.717) is 17.7 Å². The first-order valence-electron chi connectivity index (χ1n) is 13.5. The molecule has 4 aromatic carbocycles. The van der Waals surface area contributed by atoms with Crippen molar-refractivity contribution in [2.45, 2.75) is 24.6 Å². The van der Waals surface area contributed by atoms with Gasteiger partial charge in [-0.1, -0.05) is 47.1 Å². The van der Waals surface area contributed by atoms with Gasteiger partial charge in [0.15, 0.2) is 6.61 Å². The largest absolute Gasteiger partial charge is 0.456 e. The second-order valence-electron chi connectivity index (χ2n) is 10.1. The van der Waals surface area contributed by atoms with Crippen molar-refractivity contribution in [3.05, 3.63) is 124 Å². The molecular weight excluding hydrogens is 630 g/mol. The molecular formula is C32H21F4N3O6S. The van der Waals surface area contributed by atoms with Crippen LogP contribution in [-0.2, 0) is 22.8 Å². The van der Waals surface area contributed by atoms with Gasteiger partial charge in [-0.15, -0.1) is 0 Å². The Morgan fingerprint density at radius 2 is 1.63 bits per heavy atom. The molecule has 234 valence electrons. The van der Waals surface area contributed by atoms with Gasteiger partial charge in [0, 0.05) is 11.3 Å². The van der Waals surface area contributed by atoms with Crippen LogP contribution >= 0.6 is 0 Å². The number of alkyl halides is 3. The summed E-state index contributed by atoms with van der Waals surface area (Å²) in [6.07, 6.45) is -4.80. The molecule has 14 heteroatoms. The molecule has 46 heavy (non-hydrogen) atoms. The van der Waals surface area contributed by atoms with E-state index in [0.717, 1.165) is 11.6 Å². The lowest BCUT2D eigenvalue weighted by molar-refractivity contribution is -0.137. The third-order valence-corrected chi connectivity index (χ3v) is 8.19. The van der Waals surface area contributed by atoms with E-state index in [9.17, 15) is 30.8 Å². The number of halogens is 4. The van der Waals surface area contributed by atoms with Crippen LogP contribution in [0.2, 0.25) is 0 Å². The topological polar surface area (TPSA) is 125 Å². The molecule has 0 amide bonds. The van der Waals surface area contributed by atoms with Crippen LogP contribution in [0.15, 0.2) is 110 Å². The van der Waals surface area contributed by atoms with E-state index in [1.807, 2.05) is 6.92 Å². The van der Waals surface area contributed by atoms with E-state index >= 15 is 0 Å². The van der Waals surface area contributed by atoms with Gasteiger partial charge in [0.2, 0.25) is 11.3 Å². The number of ether oxygens (including phenoxy) is 1. The minimum Gasteiger partial charge on any atom is -0.456 e. The van der Waals surface area contributed by atoms with Crippen molar-refractivity contribution in [1.29, 1.82) is 0 Å². The maximum absolute atomic E-state index is 13.9. The van der Waals surface area contributed by atoms with E-state index in [1.165, 1.54) is 36.4 Å². The first-order valence-corrected chi connectivity index (χ1v) is 14.9. The summed E-state index contributed by atoms with van der Waals surface area (Å²) >= 11 is 0. The Balaban J connectivity index is 1.29. The van der Waals surface area contributed by atoms with Crippen molar-refractivity contribution >= 4 is 26.7 Å². The molecule has 9 nitrogen and oxygen atoms in total. The van der Waals surface area contributed by atoms with Crippen LogP contribution in [0, 0.1) is 12.7 Å². The van der Waals surface area contributed by atoms with Crippen molar-refractivity contribution in [2.75, 3.05) is 4.72 Å². The predicted octanol–water partition coefficient (Wildman–Crippen LogP) is 7.36.